The van der Waals surface area contributed by atoms with Gasteiger partial charge >= 0.3 is 0 Å². The van der Waals surface area contributed by atoms with Gasteiger partial charge in [-0.15, -0.1) is 11.3 Å². The smallest absolute Gasteiger partial charge is 0.165 e. The van der Waals surface area contributed by atoms with Gasteiger partial charge in [-0.05, 0) is 78.6 Å². The number of para-hydroxylation sites is 5. The van der Waals surface area contributed by atoms with E-state index in [9.17, 15) is 0 Å². The van der Waals surface area contributed by atoms with E-state index < -0.39 is 0 Å². The maximum atomic E-state index is 5.48. The first-order valence-electron chi connectivity index (χ1n) is 19.0. The molecule has 0 atom stereocenters. The predicted octanol–water partition coefficient (Wildman–Crippen LogP) is 13.4. The average Bonchev–Trinajstić information content (AvgIpc) is 3.86. The highest BCUT2D eigenvalue weighted by molar-refractivity contribution is 7.25. The van der Waals surface area contributed by atoms with Gasteiger partial charge in [0, 0.05) is 58.4 Å². The summed E-state index contributed by atoms with van der Waals surface area (Å²) in [5.74, 6) is 0.836. The molecule has 1 aliphatic heterocycles. The lowest BCUT2D eigenvalue weighted by Crippen LogP contribution is -2.03. The number of aromatic nitrogens is 4. The van der Waals surface area contributed by atoms with E-state index in [1.54, 1.807) is 0 Å². The lowest BCUT2D eigenvalue weighted by molar-refractivity contribution is 1.06. The largest absolute Gasteiger partial charge is 0.308 e. The van der Waals surface area contributed by atoms with Crippen molar-refractivity contribution in [1.29, 1.82) is 0 Å². The normalized spacial score (nSPS) is 13.9. The molecule has 5 heteroatoms. The van der Waals surface area contributed by atoms with Crippen LogP contribution in [0.5, 0.6) is 0 Å². The first kappa shape index (κ1) is 29.6. The molecule has 4 aromatic heterocycles. The Bertz CT molecular complexity index is 3550. The molecule has 0 saturated carbocycles. The molecule has 13 rings (SSSR count). The van der Waals surface area contributed by atoms with Crippen molar-refractivity contribution < 1.29 is 0 Å². The third-order valence-electron chi connectivity index (χ3n) is 11.9. The van der Waals surface area contributed by atoms with E-state index in [1.165, 1.54) is 80.7 Å². The molecule has 0 spiro atoms. The fourth-order valence-corrected chi connectivity index (χ4v) is 10.6. The van der Waals surface area contributed by atoms with Crippen molar-refractivity contribution in [3.8, 4) is 22.8 Å². The third-order valence-corrected chi connectivity index (χ3v) is 13.1. The molecule has 0 amide bonds. The Hall–Kier alpha value is -6.82. The zero-order chi connectivity index (χ0) is 35.8. The topological polar surface area (TPSA) is 35.6 Å². The van der Waals surface area contributed by atoms with Crippen LogP contribution in [0.2, 0.25) is 0 Å². The van der Waals surface area contributed by atoms with E-state index in [0.29, 0.717) is 0 Å². The maximum Gasteiger partial charge on any atom is 0.165 e. The fourth-order valence-electron chi connectivity index (χ4n) is 9.55. The second-order valence-corrected chi connectivity index (χ2v) is 15.9. The van der Waals surface area contributed by atoms with Gasteiger partial charge in [0.1, 0.15) is 5.69 Å². The van der Waals surface area contributed by atoms with Gasteiger partial charge in [0.15, 0.2) is 5.82 Å². The standard InChI is InChI=1S/C50H30N4S/c1-2-13-31-30(12-1)32-14-3-8-21-42(32)53-44-27-37-33-15-4-9-22-43(33)54(45(37)28-38(44)36-18-11-17-35(31)49(36)53)50-48(51-40-19-6-7-20-41(40)52-50)29-24-25-47-39(26-29)34-16-5-10-23-46(34)55-47/h1,3-12,14-28H,2,13H2. The molecule has 2 aliphatic rings. The van der Waals surface area contributed by atoms with Crippen molar-refractivity contribution in [1.82, 2.24) is 19.1 Å². The number of hydrogen-bond donors (Lipinski definition) is 0. The van der Waals surface area contributed by atoms with Crippen LogP contribution in [0.4, 0.5) is 0 Å². The summed E-state index contributed by atoms with van der Waals surface area (Å²) in [5, 5.41) is 7.42. The number of hydrogen-bond acceptors (Lipinski definition) is 3. The predicted molar refractivity (Wildman–Crippen MR) is 232 cm³/mol. The molecule has 11 aromatic rings. The summed E-state index contributed by atoms with van der Waals surface area (Å²) in [4.78, 5) is 10.9. The van der Waals surface area contributed by atoms with Crippen molar-refractivity contribution in [3.63, 3.8) is 0 Å². The lowest BCUT2D eigenvalue weighted by Gasteiger charge is -2.16. The number of thiophene rings is 1. The second kappa shape index (κ2) is 10.9. The van der Waals surface area contributed by atoms with Gasteiger partial charge in [0.25, 0.3) is 0 Å². The van der Waals surface area contributed by atoms with Gasteiger partial charge in [-0.1, -0.05) is 103 Å². The minimum Gasteiger partial charge on any atom is -0.308 e. The highest BCUT2D eigenvalue weighted by Crippen LogP contribution is 2.48. The van der Waals surface area contributed by atoms with Crippen molar-refractivity contribution in [3.05, 3.63) is 169 Å². The van der Waals surface area contributed by atoms with Crippen LogP contribution in [-0.4, -0.2) is 19.1 Å². The molecular weight excluding hydrogens is 689 g/mol. The fraction of sp³-hybridized carbons (Fsp3) is 0.0400. The quantitative estimate of drug-likeness (QED) is 0.178. The number of nitrogens with zero attached hydrogens (tertiary/aromatic N) is 4. The van der Waals surface area contributed by atoms with E-state index >= 15 is 0 Å². The second-order valence-electron chi connectivity index (χ2n) is 14.8. The Balaban J connectivity index is 1.16. The van der Waals surface area contributed by atoms with Crippen LogP contribution in [0.25, 0.3) is 109 Å². The molecule has 0 bridgehead atoms. The molecule has 1 aliphatic carbocycles. The van der Waals surface area contributed by atoms with Gasteiger partial charge < -0.3 is 4.57 Å². The summed E-state index contributed by atoms with van der Waals surface area (Å²) in [5.41, 5.74) is 15.1. The molecule has 0 saturated heterocycles. The van der Waals surface area contributed by atoms with Crippen molar-refractivity contribution in [2.45, 2.75) is 12.8 Å². The van der Waals surface area contributed by atoms with Gasteiger partial charge in [0.05, 0.1) is 38.8 Å². The molecule has 0 fully saturated rings. The lowest BCUT2D eigenvalue weighted by atomic mass is 9.87. The van der Waals surface area contributed by atoms with Crippen molar-refractivity contribution >= 4 is 97.3 Å². The molecule has 55 heavy (non-hydrogen) atoms. The summed E-state index contributed by atoms with van der Waals surface area (Å²) >= 11 is 1.84. The number of fused-ring (bicyclic) bond motifs is 14. The van der Waals surface area contributed by atoms with E-state index in [1.807, 2.05) is 17.4 Å². The summed E-state index contributed by atoms with van der Waals surface area (Å²) < 4.78 is 7.48. The minimum absolute atomic E-state index is 0.836. The Morgan fingerprint density at radius 1 is 0.509 bits per heavy atom. The Labute approximate surface area is 319 Å². The molecule has 7 aromatic carbocycles. The Kier molecular flexibility index (Phi) is 5.86. The number of allylic oxidation sites excluding steroid dienone is 4. The summed E-state index contributed by atoms with van der Waals surface area (Å²) in [6, 6.07) is 53.2. The Morgan fingerprint density at radius 2 is 1.22 bits per heavy atom. The number of benzene rings is 7. The van der Waals surface area contributed by atoms with E-state index in [2.05, 4.69) is 161 Å². The summed E-state index contributed by atoms with van der Waals surface area (Å²) in [7, 11) is 0. The van der Waals surface area contributed by atoms with Crippen LogP contribution in [0, 0.1) is 0 Å². The molecular formula is C50H30N4S. The third kappa shape index (κ3) is 4.00. The monoisotopic (exact) mass is 718 g/mol. The molecule has 5 heterocycles. The molecule has 0 N–H and O–H groups in total. The highest BCUT2D eigenvalue weighted by atomic mass is 32.1. The first-order valence-corrected chi connectivity index (χ1v) is 19.8. The summed E-state index contributed by atoms with van der Waals surface area (Å²) in [6.45, 7) is 0. The highest BCUT2D eigenvalue weighted by Gasteiger charge is 2.28. The minimum atomic E-state index is 0.836. The SMILES string of the molecule is C1=CC2=C(CC1)c1cccc3c4cc5c(cc4n(c13)-c1ccccc12)c1ccccc1n5-c1nc2ccccc2nc1-c1ccc2sc3ccccc3c2c1. The van der Waals surface area contributed by atoms with Gasteiger partial charge in [-0.2, -0.15) is 0 Å². The number of rotatable bonds is 2. The van der Waals surface area contributed by atoms with Crippen LogP contribution in [0.15, 0.2) is 158 Å². The first-order chi connectivity index (χ1) is 27.3. The molecule has 0 radical (unpaired) electrons. The van der Waals surface area contributed by atoms with Crippen LogP contribution in [0.1, 0.15) is 24.0 Å². The van der Waals surface area contributed by atoms with Crippen LogP contribution in [-0.2, 0) is 0 Å². The van der Waals surface area contributed by atoms with Crippen molar-refractivity contribution in [2.24, 2.45) is 0 Å². The van der Waals surface area contributed by atoms with Gasteiger partial charge in [-0.25, -0.2) is 9.97 Å². The maximum absolute atomic E-state index is 5.48. The zero-order valence-electron chi connectivity index (χ0n) is 29.6. The van der Waals surface area contributed by atoms with Crippen molar-refractivity contribution in [2.75, 3.05) is 0 Å². The van der Waals surface area contributed by atoms with E-state index in [4.69, 9.17) is 9.97 Å². The van der Waals surface area contributed by atoms with Gasteiger partial charge in [0.2, 0.25) is 0 Å². The van der Waals surface area contributed by atoms with Crippen LogP contribution >= 0.6 is 11.3 Å². The Morgan fingerprint density at radius 3 is 2.15 bits per heavy atom. The molecule has 256 valence electrons. The zero-order valence-corrected chi connectivity index (χ0v) is 30.4. The van der Waals surface area contributed by atoms with E-state index in [-0.39, 0.29) is 0 Å². The van der Waals surface area contributed by atoms with Crippen LogP contribution in [0.3, 0.4) is 0 Å². The summed E-state index contributed by atoms with van der Waals surface area (Å²) in [6.07, 6.45) is 6.77. The van der Waals surface area contributed by atoms with Gasteiger partial charge in [-0.3, -0.25) is 4.57 Å². The average molecular weight is 719 g/mol. The molecule has 4 nitrogen and oxygen atoms in total. The van der Waals surface area contributed by atoms with E-state index in [0.717, 1.165) is 52.0 Å². The van der Waals surface area contributed by atoms with Crippen LogP contribution < -0.4 is 0 Å². The molecule has 0 unspecified atom stereocenters.